The number of rotatable bonds is 6. The van der Waals surface area contributed by atoms with Gasteiger partial charge in [0.05, 0.1) is 12.9 Å². The summed E-state index contributed by atoms with van der Waals surface area (Å²) in [5.74, 6) is -0.583. The van der Waals surface area contributed by atoms with Gasteiger partial charge in [-0.3, -0.25) is 9.59 Å². The first kappa shape index (κ1) is 19.1. The molecule has 0 bridgehead atoms. The molecule has 0 radical (unpaired) electrons. The second kappa shape index (κ2) is 8.87. The number of hydrogen-bond acceptors (Lipinski definition) is 3. The molecule has 4 rings (SSSR count). The van der Waals surface area contributed by atoms with E-state index in [-0.39, 0.29) is 18.4 Å². The lowest BCUT2D eigenvalue weighted by atomic mass is 10.0. The highest BCUT2D eigenvalue weighted by molar-refractivity contribution is 5.99. The molecule has 6 heteroatoms. The van der Waals surface area contributed by atoms with Gasteiger partial charge in [-0.1, -0.05) is 42.5 Å². The van der Waals surface area contributed by atoms with E-state index in [0.717, 1.165) is 16.8 Å². The van der Waals surface area contributed by atoms with E-state index in [0.29, 0.717) is 11.3 Å². The number of amides is 2. The Labute approximate surface area is 174 Å². The van der Waals surface area contributed by atoms with Crippen molar-refractivity contribution < 1.29 is 9.59 Å². The van der Waals surface area contributed by atoms with Crippen LogP contribution in [-0.4, -0.2) is 27.9 Å². The number of anilines is 1. The average Bonchev–Trinajstić information content (AvgIpc) is 3.34. The molecule has 0 fully saturated rings. The predicted octanol–water partition coefficient (Wildman–Crippen LogP) is 3.91. The largest absolute Gasteiger partial charge is 0.343 e. The molecule has 30 heavy (non-hydrogen) atoms. The minimum absolute atomic E-state index is 0.109. The summed E-state index contributed by atoms with van der Waals surface area (Å²) in [4.78, 5) is 28.5. The van der Waals surface area contributed by atoms with Gasteiger partial charge in [0.1, 0.15) is 0 Å². The van der Waals surface area contributed by atoms with Crippen molar-refractivity contribution in [2.75, 3.05) is 11.9 Å². The lowest BCUT2D eigenvalue weighted by Crippen LogP contribution is -2.32. The predicted molar refractivity (Wildman–Crippen MR) is 116 cm³/mol. The summed E-state index contributed by atoms with van der Waals surface area (Å²) in [5.41, 5.74) is 4.22. The Bertz CT molecular complexity index is 1120. The van der Waals surface area contributed by atoms with Crippen LogP contribution in [0.3, 0.4) is 0 Å². The summed E-state index contributed by atoms with van der Waals surface area (Å²) in [5, 5.41) is 5.42. The first-order valence-corrected chi connectivity index (χ1v) is 9.51. The Morgan fingerprint density at radius 2 is 1.53 bits per heavy atom. The zero-order chi connectivity index (χ0) is 20.8. The van der Waals surface area contributed by atoms with E-state index < -0.39 is 0 Å². The van der Waals surface area contributed by atoms with Crippen molar-refractivity contribution in [3.63, 3.8) is 0 Å². The molecule has 0 saturated heterocycles. The SMILES string of the molecule is O=C(CNC(=O)c1ccc(-c2ccccc2)cc1)Nc1ccc(-n2ccnc2)cc1. The first-order valence-electron chi connectivity index (χ1n) is 9.51. The summed E-state index contributed by atoms with van der Waals surface area (Å²) < 4.78 is 1.87. The van der Waals surface area contributed by atoms with Crippen LogP contribution in [0.1, 0.15) is 10.4 Å². The monoisotopic (exact) mass is 396 g/mol. The van der Waals surface area contributed by atoms with E-state index in [4.69, 9.17) is 0 Å². The van der Waals surface area contributed by atoms with E-state index >= 15 is 0 Å². The molecule has 0 atom stereocenters. The lowest BCUT2D eigenvalue weighted by molar-refractivity contribution is -0.115. The van der Waals surface area contributed by atoms with Crippen LogP contribution in [0.5, 0.6) is 0 Å². The highest BCUT2D eigenvalue weighted by atomic mass is 16.2. The number of hydrogen-bond donors (Lipinski definition) is 2. The fourth-order valence-electron chi connectivity index (χ4n) is 3.04. The van der Waals surface area contributed by atoms with E-state index in [1.165, 1.54) is 0 Å². The van der Waals surface area contributed by atoms with Crippen LogP contribution in [-0.2, 0) is 4.79 Å². The van der Waals surface area contributed by atoms with Crippen molar-refractivity contribution in [2.45, 2.75) is 0 Å². The van der Waals surface area contributed by atoms with Gasteiger partial charge in [0.2, 0.25) is 5.91 Å². The van der Waals surface area contributed by atoms with Gasteiger partial charge >= 0.3 is 0 Å². The molecule has 0 aliphatic heterocycles. The average molecular weight is 396 g/mol. The minimum Gasteiger partial charge on any atom is -0.343 e. The van der Waals surface area contributed by atoms with Crippen molar-refractivity contribution in [3.8, 4) is 16.8 Å². The molecule has 3 aromatic carbocycles. The van der Waals surface area contributed by atoms with E-state index in [9.17, 15) is 9.59 Å². The summed E-state index contributed by atoms with van der Waals surface area (Å²) in [6.07, 6.45) is 5.25. The topological polar surface area (TPSA) is 76.0 Å². The highest BCUT2D eigenvalue weighted by Crippen LogP contribution is 2.19. The number of nitrogens with one attached hydrogen (secondary N) is 2. The van der Waals surface area contributed by atoms with E-state index in [1.54, 1.807) is 36.8 Å². The molecule has 0 saturated carbocycles. The number of aromatic nitrogens is 2. The molecule has 6 nitrogen and oxygen atoms in total. The molecule has 0 aliphatic rings. The molecular weight excluding hydrogens is 376 g/mol. The maximum absolute atomic E-state index is 12.3. The van der Waals surface area contributed by atoms with Crippen molar-refractivity contribution in [2.24, 2.45) is 0 Å². The molecule has 0 spiro atoms. The zero-order valence-electron chi connectivity index (χ0n) is 16.2. The molecule has 1 heterocycles. The second-order valence-corrected chi connectivity index (χ2v) is 6.69. The maximum Gasteiger partial charge on any atom is 0.251 e. The molecule has 4 aromatic rings. The number of benzene rings is 3. The molecule has 2 amide bonds. The van der Waals surface area contributed by atoms with Gasteiger partial charge in [0, 0.05) is 29.3 Å². The quantitative estimate of drug-likeness (QED) is 0.519. The van der Waals surface area contributed by atoms with Crippen molar-refractivity contribution in [3.05, 3.63) is 103 Å². The normalized spacial score (nSPS) is 10.4. The van der Waals surface area contributed by atoms with Gasteiger partial charge in [-0.05, 0) is 47.5 Å². The Hall–Kier alpha value is -4.19. The summed E-state index contributed by atoms with van der Waals surface area (Å²) in [6, 6.07) is 24.6. The molecule has 0 unspecified atom stereocenters. The second-order valence-electron chi connectivity index (χ2n) is 6.69. The van der Waals surface area contributed by atoms with Gasteiger partial charge in [-0.25, -0.2) is 4.98 Å². The fourth-order valence-corrected chi connectivity index (χ4v) is 3.04. The van der Waals surface area contributed by atoms with Gasteiger partial charge < -0.3 is 15.2 Å². The van der Waals surface area contributed by atoms with Gasteiger partial charge in [0.15, 0.2) is 0 Å². The van der Waals surface area contributed by atoms with Crippen LogP contribution in [0, 0.1) is 0 Å². The van der Waals surface area contributed by atoms with Crippen molar-refractivity contribution >= 4 is 17.5 Å². The Kier molecular flexibility index (Phi) is 5.66. The number of imidazole rings is 1. The standard InChI is InChI=1S/C24H20N4O2/c29-23(27-21-10-12-22(13-11-21)28-15-14-25-17-28)16-26-24(30)20-8-6-19(7-9-20)18-4-2-1-3-5-18/h1-15,17H,16H2,(H,26,30)(H,27,29). The molecular formula is C24H20N4O2. The van der Waals surface area contributed by atoms with Crippen LogP contribution in [0.15, 0.2) is 97.6 Å². The molecule has 148 valence electrons. The van der Waals surface area contributed by atoms with E-state index in [2.05, 4.69) is 15.6 Å². The zero-order valence-corrected chi connectivity index (χ0v) is 16.2. The summed E-state index contributed by atoms with van der Waals surface area (Å²) in [7, 11) is 0. The number of nitrogens with zero attached hydrogens (tertiary/aromatic N) is 2. The van der Waals surface area contributed by atoms with Crippen LogP contribution in [0.4, 0.5) is 5.69 Å². The van der Waals surface area contributed by atoms with Crippen LogP contribution in [0.2, 0.25) is 0 Å². The number of carbonyl (C=O) groups is 2. The summed E-state index contributed by atoms with van der Waals surface area (Å²) in [6.45, 7) is -0.109. The fraction of sp³-hybridized carbons (Fsp3) is 0.0417. The number of carbonyl (C=O) groups excluding carboxylic acids is 2. The lowest BCUT2D eigenvalue weighted by Gasteiger charge is -2.09. The molecule has 0 aliphatic carbocycles. The Morgan fingerprint density at radius 3 is 2.20 bits per heavy atom. The minimum atomic E-state index is -0.292. The maximum atomic E-state index is 12.3. The third-order valence-electron chi connectivity index (χ3n) is 4.62. The Balaban J connectivity index is 1.30. The van der Waals surface area contributed by atoms with Crippen molar-refractivity contribution in [1.82, 2.24) is 14.9 Å². The highest BCUT2D eigenvalue weighted by Gasteiger charge is 2.09. The van der Waals surface area contributed by atoms with Gasteiger partial charge in [-0.2, -0.15) is 0 Å². The van der Waals surface area contributed by atoms with Gasteiger partial charge in [-0.15, -0.1) is 0 Å². The Morgan fingerprint density at radius 1 is 0.833 bits per heavy atom. The molecule has 1 aromatic heterocycles. The third kappa shape index (κ3) is 4.62. The third-order valence-corrected chi connectivity index (χ3v) is 4.62. The first-order chi connectivity index (χ1) is 14.7. The smallest absolute Gasteiger partial charge is 0.251 e. The van der Waals surface area contributed by atoms with Crippen molar-refractivity contribution in [1.29, 1.82) is 0 Å². The van der Waals surface area contributed by atoms with Gasteiger partial charge in [0.25, 0.3) is 5.91 Å². The van der Waals surface area contributed by atoms with Crippen LogP contribution in [0.25, 0.3) is 16.8 Å². The van der Waals surface area contributed by atoms with Crippen LogP contribution >= 0.6 is 0 Å². The van der Waals surface area contributed by atoms with E-state index in [1.807, 2.05) is 65.4 Å². The summed E-state index contributed by atoms with van der Waals surface area (Å²) >= 11 is 0. The van der Waals surface area contributed by atoms with Crippen LogP contribution < -0.4 is 10.6 Å². The molecule has 2 N–H and O–H groups in total.